The fourth-order valence-electron chi connectivity index (χ4n) is 1.94. The summed E-state index contributed by atoms with van der Waals surface area (Å²) in [6, 6.07) is 3.46. The lowest BCUT2D eigenvalue weighted by Crippen LogP contribution is -2.35. The van der Waals surface area contributed by atoms with Crippen LogP contribution >= 0.6 is 0 Å². The standard InChI is InChI=1S/C13H15F6N/c1-2-20-11(8-12(14,15)16)7-9-4-3-5-10(6-9)13(17,18)19/h3-6,11,20H,2,7-8H2,1H3. The molecule has 0 aliphatic heterocycles. The van der Waals surface area contributed by atoms with Gasteiger partial charge in [-0.25, -0.2) is 0 Å². The molecule has 20 heavy (non-hydrogen) atoms. The maximum absolute atomic E-state index is 12.5. The van der Waals surface area contributed by atoms with E-state index >= 15 is 0 Å². The molecule has 1 rings (SSSR count). The van der Waals surface area contributed by atoms with Gasteiger partial charge in [0.05, 0.1) is 12.0 Å². The molecule has 0 heterocycles. The Morgan fingerprint density at radius 3 is 2.25 bits per heavy atom. The predicted molar refractivity (Wildman–Crippen MR) is 63.3 cm³/mol. The van der Waals surface area contributed by atoms with E-state index in [0.717, 1.165) is 12.1 Å². The van der Waals surface area contributed by atoms with Gasteiger partial charge in [-0.15, -0.1) is 0 Å². The molecule has 0 radical (unpaired) electrons. The Kier molecular flexibility index (Phi) is 5.44. The van der Waals surface area contributed by atoms with E-state index in [1.807, 2.05) is 0 Å². The van der Waals surface area contributed by atoms with Gasteiger partial charge in [0.2, 0.25) is 0 Å². The summed E-state index contributed by atoms with van der Waals surface area (Å²) in [6.45, 7) is 1.97. The van der Waals surface area contributed by atoms with Crippen LogP contribution in [0.1, 0.15) is 24.5 Å². The molecule has 7 heteroatoms. The average molecular weight is 299 g/mol. The van der Waals surface area contributed by atoms with Gasteiger partial charge in [0, 0.05) is 6.04 Å². The highest BCUT2D eigenvalue weighted by Crippen LogP contribution is 2.30. The lowest BCUT2D eigenvalue weighted by Gasteiger charge is -2.20. The van der Waals surface area contributed by atoms with E-state index in [1.54, 1.807) is 6.92 Å². The van der Waals surface area contributed by atoms with Crippen molar-refractivity contribution in [1.82, 2.24) is 5.32 Å². The molecule has 114 valence electrons. The molecule has 1 nitrogen and oxygen atoms in total. The summed E-state index contributed by atoms with van der Waals surface area (Å²) in [5.41, 5.74) is -0.618. The summed E-state index contributed by atoms with van der Waals surface area (Å²) in [7, 11) is 0. The summed E-state index contributed by atoms with van der Waals surface area (Å²) >= 11 is 0. The number of likely N-dealkylation sites (N-methyl/N-ethyl adjacent to an activating group) is 1. The molecule has 0 saturated heterocycles. The van der Waals surface area contributed by atoms with Gasteiger partial charge < -0.3 is 5.32 Å². The van der Waals surface area contributed by atoms with Crippen molar-refractivity contribution in [1.29, 1.82) is 0 Å². The van der Waals surface area contributed by atoms with Crippen molar-refractivity contribution in [3.05, 3.63) is 35.4 Å². The summed E-state index contributed by atoms with van der Waals surface area (Å²) < 4.78 is 74.7. The summed E-state index contributed by atoms with van der Waals surface area (Å²) in [4.78, 5) is 0. The molecule has 0 fully saturated rings. The largest absolute Gasteiger partial charge is 0.416 e. The number of hydrogen-bond donors (Lipinski definition) is 1. The highest BCUT2D eigenvalue weighted by atomic mass is 19.4. The van der Waals surface area contributed by atoms with Gasteiger partial charge in [-0.05, 0) is 24.6 Å². The zero-order valence-corrected chi connectivity index (χ0v) is 10.8. The van der Waals surface area contributed by atoms with Crippen LogP contribution in [-0.4, -0.2) is 18.8 Å². The monoisotopic (exact) mass is 299 g/mol. The van der Waals surface area contributed by atoms with E-state index in [4.69, 9.17) is 0 Å². The quantitative estimate of drug-likeness (QED) is 0.804. The van der Waals surface area contributed by atoms with Crippen molar-refractivity contribution < 1.29 is 26.3 Å². The average Bonchev–Trinajstić information content (AvgIpc) is 2.26. The number of nitrogens with one attached hydrogen (secondary N) is 1. The van der Waals surface area contributed by atoms with Crippen LogP contribution in [0.2, 0.25) is 0 Å². The second kappa shape index (κ2) is 6.47. The maximum Gasteiger partial charge on any atom is 0.416 e. The Morgan fingerprint density at radius 2 is 1.75 bits per heavy atom. The highest BCUT2D eigenvalue weighted by molar-refractivity contribution is 5.26. The van der Waals surface area contributed by atoms with E-state index in [0.29, 0.717) is 6.54 Å². The van der Waals surface area contributed by atoms with Crippen LogP contribution in [0.25, 0.3) is 0 Å². The Bertz CT molecular complexity index is 424. The first-order valence-electron chi connectivity index (χ1n) is 6.08. The third-order valence-corrected chi connectivity index (χ3v) is 2.71. The number of alkyl halides is 6. The van der Waals surface area contributed by atoms with E-state index in [2.05, 4.69) is 5.32 Å². The van der Waals surface area contributed by atoms with Crippen LogP contribution in [0.5, 0.6) is 0 Å². The molecule has 0 amide bonds. The first-order valence-corrected chi connectivity index (χ1v) is 6.08. The summed E-state index contributed by atoms with van der Waals surface area (Å²) in [6.07, 6.45) is -10.0. The van der Waals surface area contributed by atoms with E-state index in [9.17, 15) is 26.3 Å². The van der Waals surface area contributed by atoms with Gasteiger partial charge in [-0.1, -0.05) is 25.1 Å². The molecule has 1 aromatic rings. The Labute approximate surface area is 113 Å². The van der Waals surface area contributed by atoms with Gasteiger partial charge in [-0.3, -0.25) is 0 Å². The van der Waals surface area contributed by atoms with Crippen LogP contribution in [0.4, 0.5) is 26.3 Å². The molecule has 0 aliphatic rings. The molecular weight excluding hydrogens is 284 g/mol. The lowest BCUT2D eigenvalue weighted by molar-refractivity contribution is -0.140. The third kappa shape index (κ3) is 5.81. The molecular formula is C13H15F6N. The minimum absolute atomic E-state index is 0.0999. The van der Waals surface area contributed by atoms with E-state index < -0.39 is 30.4 Å². The van der Waals surface area contributed by atoms with Crippen molar-refractivity contribution in [3.8, 4) is 0 Å². The number of hydrogen-bond acceptors (Lipinski definition) is 1. The molecule has 0 spiro atoms. The normalized spacial score (nSPS) is 14.3. The minimum Gasteiger partial charge on any atom is -0.314 e. The van der Waals surface area contributed by atoms with E-state index in [-0.39, 0.29) is 12.0 Å². The van der Waals surface area contributed by atoms with Crippen molar-refractivity contribution >= 4 is 0 Å². The van der Waals surface area contributed by atoms with Gasteiger partial charge in [0.1, 0.15) is 0 Å². The van der Waals surface area contributed by atoms with E-state index in [1.165, 1.54) is 12.1 Å². The molecule has 0 aliphatic carbocycles. The molecule has 0 saturated carbocycles. The van der Waals surface area contributed by atoms with Crippen molar-refractivity contribution in [2.45, 2.75) is 38.2 Å². The minimum atomic E-state index is -4.49. The van der Waals surface area contributed by atoms with Crippen LogP contribution in [0.15, 0.2) is 24.3 Å². The highest BCUT2D eigenvalue weighted by Gasteiger charge is 2.33. The fourth-order valence-corrected chi connectivity index (χ4v) is 1.94. The lowest BCUT2D eigenvalue weighted by atomic mass is 10.0. The number of benzene rings is 1. The van der Waals surface area contributed by atoms with Gasteiger partial charge in [0.15, 0.2) is 0 Å². The zero-order valence-electron chi connectivity index (χ0n) is 10.8. The molecule has 0 bridgehead atoms. The van der Waals surface area contributed by atoms with Crippen LogP contribution in [0.3, 0.4) is 0 Å². The first kappa shape index (κ1) is 16.8. The number of halogens is 6. The van der Waals surface area contributed by atoms with Crippen LogP contribution in [-0.2, 0) is 12.6 Å². The predicted octanol–water partition coefficient (Wildman–Crippen LogP) is 4.18. The Morgan fingerprint density at radius 1 is 1.10 bits per heavy atom. The fraction of sp³-hybridized carbons (Fsp3) is 0.538. The van der Waals surface area contributed by atoms with Crippen LogP contribution in [0, 0.1) is 0 Å². The first-order chi connectivity index (χ1) is 9.12. The molecule has 1 aromatic carbocycles. The van der Waals surface area contributed by atoms with Crippen LogP contribution < -0.4 is 5.32 Å². The molecule has 0 aromatic heterocycles. The Hall–Kier alpha value is -1.24. The van der Waals surface area contributed by atoms with Gasteiger partial charge in [-0.2, -0.15) is 26.3 Å². The SMILES string of the molecule is CCNC(Cc1cccc(C(F)(F)F)c1)CC(F)(F)F. The van der Waals surface area contributed by atoms with Gasteiger partial charge >= 0.3 is 12.4 Å². The summed E-state index contributed by atoms with van der Waals surface area (Å²) in [5.74, 6) is 0. The number of rotatable bonds is 5. The third-order valence-electron chi connectivity index (χ3n) is 2.71. The van der Waals surface area contributed by atoms with Crippen molar-refractivity contribution in [2.24, 2.45) is 0 Å². The Balaban J connectivity index is 2.83. The second-order valence-corrected chi connectivity index (χ2v) is 4.48. The zero-order chi connectivity index (χ0) is 15.4. The molecule has 1 unspecified atom stereocenters. The molecule has 1 atom stereocenters. The smallest absolute Gasteiger partial charge is 0.314 e. The van der Waals surface area contributed by atoms with Gasteiger partial charge in [0.25, 0.3) is 0 Å². The second-order valence-electron chi connectivity index (χ2n) is 4.48. The van der Waals surface area contributed by atoms with Crippen molar-refractivity contribution in [3.63, 3.8) is 0 Å². The molecule has 1 N–H and O–H groups in total. The topological polar surface area (TPSA) is 12.0 Å². The maximum atomic E-state index is 12.5. The summed E-state index contributed by atoms with van der Waals surface area (Å²) in [5, 5.41) is 2.64. The van der Waals surface area contributed by atoms with Crippen molar-refractivity contribution in [2.75, 3.05) is 6.54 Å².